The molecule has 0 spiro atoms. The van der Waals surface area contributed by atoms with Crippen molar-refractivity contribution in [2.45, 2.75) is 13.0 Å². The summed E-state index contributed by atoms with van der Waals surface area (Å²) in [4.78, 5) is 24.1. The molecule has 1 atom stereocenters. The number of hydrogen-bond donors (Lipinski definition) is 2. The Morgan fingerprint density at radius 1 is 1.17 bits per heavy atom. The predicted octanol–water partition coefficient (Wildman–Crippen LogP) is 3.76. The molecule has 1 amide bonds. The third kappa shape index (κ3) is 4.37. The summed E-state index contributed by atoms with van der Waals surface area (Å²) < 4.78 is 5.11. The molecular formula is C16H14Cl2N2O3. The molecule has 5 nitrogen and oxygen atoms in total. The molecule has 0 aliphatic rings. The number of nitrogens with one attached hydrogen (secondary N) is 1. The summed E-state index contributed by atoms with van der Waals surface area (Å²) >= 11 is 11.7. The van der Waals surface area contributed by atoms with E-state index in [0.717, 1.165) is 0 Å². The molecule has 0 unspecified atom stereocenters. The van der Waals surface area contributed by atoms with Gasteiger partial charge in [-0.25, -0.2) is 4.79 Å². The van der Waals surface area contributed by atoms with E-state index in [1.54, 1.807) is 24.3 Å². The molecule has 0 aromatic heterocycles. The van der Waals surface area contributed by atoms with Gasteiger partial charge in [0.1, 0.15) is 0 Å². The number of nitrogens with two attached hydrogens (primary N) is 1. The van der Waals surface area contributed by atoms with Crippen molar-refractivity contribution >= 4 is 46.5 Å². The van der Waals surface area contributed by atoms with Crippen LogP contribution in [0.2, 0.25) is 10.0 Å². The van der Waals surface area contributed by atoms with Crippen LogP contribution in [-0.2, 0) is 9.53 Å². The summed E-state index contributed by atoms with van der Waals surface area (Å²) in [5.41, 5.74) is 6.48. The van der Waals surface area contributed by atoms with Crippen LogP contribution < -0.4 is 11.1 Å². The van der Waals surface area contributed by atoms with Crippen LogP contribution in [0.25, 0.3) is 0 Å². The van der Waals surface area contributed by atoms with Crippen molar-refractivity contribution < 1.29 is 14.3 Å². The second-order valence-corrected chi connectivity index (χ2v) is 5.59. The first-order valence-electron chi connectivity index (χ1n) is 6.70. The maximum atomic E-state index is 12.1. The third-order valence-electron chi connectivity index (χ3n) is 3.02. The maximum Gasteiger partial charge on any atom is 0.341 e. The minimum absolute atomic E-state index is 0.145. The fourth-order valence-corrected chi connectivity index (χ4v) is 2.16. The highest BCUT2D eigenvalue weighted by atomic mass is 35.5. The van der Waals surface area contributed by atoms with E-state index < -0.39 is 18.0 Å². The molecule has 0 aliphatic carbocycles. The Labute approximate surface area is 143 Å². The summed E-state index contributed by atoms with van der Waals surface area (Å²) in [5, 5.41) is 3.39. The van der Waals surface area contributed by atoms with Gasteiger partial charge in [-0.15, -0.1) is 0 Å². The first kappa shape index (κ1) is 17.1. The summed E-state index contributed by atoms with van der Waals surface area (Å²) in [6, 6.07) is 11.2. The lowest BCUT2D eigenvalue weighted by Gasteiger charge is -2.15. The topological polar surface area (TPSA) is 81.4 Å². The number of hydrogen-bond acceptors (Lipinski definition) is 4. The summed E-state index contributed by atoms with van der Waals surface area (Å²) in [6.07, 6.45) is -1.02. The van der Waals surface area contributed by atoms with Crippen molar-refractivity contribution in [3.8, 4) is 0 Å². The number of esters is 1. The summed E-state index contributed by atoms with van der Waals surface area (Å²) in [5.74, 6) is -1.21. The number of anilines is 2. The van der Waals surface area contributed by atoms with Gasteiger partial charge in [0.25, 0.3) is 5.91 Å². The predicted molar refractivity (Wildman–Crippen MR) is 90.8 cm³/mol. The van der Waals surface area contributed by atoms with Crippen molar-refractivity contribution in [1.29, 1.82) is 0 Å². The largest absolute Gasteiger partial charge is 0.449 e. The van der Waals surface area contributed by atoms with Gasteiger partial charge in [0, 0.05) is 10.7 Å². The van der Waals surface area contributed by atoms with Crippen LogP contribution in [0.4, 0.5) is 11.4 Å². The fourth-order valence-electron chi connectivity index (χ4n) is 1.79. The van der Waals surface area contributed by atoms with Crippen LogP contribution >= 0.6 is 23.2 Å². The van der Waals surface area contributed by atoms with Crippen LogP contribution in [-0.4, -0.2) is 18.0 Å². The van der Waals surface area contributed by atoms with Crippen molar-refractivity contribution in [1.82, 2.24) is 0 Å². The number of amides is 1. The van der Waals surface area contributed by atoms with Crippen molar-refractivity contribution in [3.05, 3.63) is 58.1 Å². The van der Waals surface area contributed by atoms with E-state index in [2.05, 4.69) is 5.32 Å². The fraction of sp³-hybridized carbons (Fsp3) is 0.125. The van der Waals surface area contributed by atoms with Crippen LogP contribution in [0.1, 0.15) is 17.3 Å². The standard InChI is InChI=1S/C16H14Cl2N2O3/c1-9(15(21)20-14-5-3-2-4-12(14)18)23-16(22)11-7-6-10(17)8-13(11)19/h2-9H,19H2,1H3,(H,20,21)/t9-/m1/s1. The smallest absolute Gasteiger partial charge is 0.341 e. The highest BCUT2D eigenvalue weighted by Crippen LogP contribution is 2.22. The molecule has 2 aromatic carbocycles. The first-order chi connectivity index (χ1) is 10.9. The number of ether oxygens (including phenoxy) is 1. The van der Waals surface area contributed by atoms with Crippen LogP contribution in [0.5, 0.6) is 0 Å². The average Bonchev–Trinajstić information content (AvgIpc) is 2.49. The zero-order valence-electron chi connectivity index (χ0n) is 12.2. The maximum absolute atomic E-state index is 12.1. The Morgan fingerprint density at radius 2 is 1.87 bits per heavy atom. The van der Waals surface area contributed by atoms with E-state index in [9.17, 15) is 9.59 Å². The highest BCUT2D eigenvalue weighted by molar-refractivity contribution is 6.33. The Morgan fingerprint density at radius 3 is 2.52 bits per heavy atom. The number of rotatable bonds is 4. The number of carbonyl (C=O) groups excluding carboxylic acids is 2. The zero-order chi connectivity index (χ0) is 17.0. The molecule has 2 aromatic rings. The van der Waals surface area contributed by atoms with Crippen LogP contribution in [0.15, 0.2) is 42.5 Å². The van der Waals surface area contributed by atoms with E-state index in [4.69, 9.17) is 33.7 Å². The van der Waals surface area contributed by atoms with Crippen molar-refractivity contribution in [3.63, 3.8) is 0 Å². The molecular weight excluding hydrogens is 339 g/mol. The molecule has 2 rings (SSSR count). The van der Waals surface area contributed by atoms with Gasteiger partial charge < -0.3 is 15.8 Å². The minimum Gasteiger partial charge on any atom is -0.449 e. The summed E-state index contributed by atoms with van der Waals surface area (Å²) in [6.45, 7) is 1.45. The molecule has 0 saturated carbocycles. The SMILES string of the molecule is C[C@@H](OC(=O)c1ccc(Cl)cc1N)C(=O)Nc1ccccc1Cl. The van der Waals surface area contributed by atoms with Gasteiger partial charge in [-0.1, -0.05) is 35.3 Å². The second-order valence-electron chi connectivity index (χ2n) is 4.75. The lowest BCUT2D eigenvalue weighted by Crippen LogP contribution is -2.30. The lowest BCUT2D eigenvalue weighted by molar-refractivity contribution is -0.123. The minimum atomic E-state index is -1.02. The number of para-hydroxylation sites is 1. The number of carbonyl (C=O) groups is 2. The normalized spacial score (nSPS) is 11.6. The van der Waals surface area contributed by atoms with Gasteiger partial charge in [-0.05, 0) is 37.3 Å². The first-order valence-corrected chi connectivity index (χ1v) is 7.45. The van der Waals surface area contributed by atoms with Gasteiger partial charge in [0.15, 0.2) is 6.10 Å². The van der Waals surface area contributed by atoms with Gasteiger partial charge in [0.2, 0.25) is 0 Å². The third-order valence-corrected chi connectivity index (χ3v) is 3.58. The van der Waals surface area contributed by atoms with E-state index in [1.165, 1.54) is 25.1 Å². The van der Waals surface area contributed by atoms with E-state index >= 15 is 0 Å². The summed E-state index contributed by atoms with van der Waals surface area (Å²) in [7, 11) is 0. The Hall–Kier alpha value is -2.24. The van der Waals surface area contributed by atoms with E-state index in [0.29, 0.717) is 15.7 Å². The number of benzene rings is 2. The van der Waals surface area contributed by atoms with Gasteiger partial charge >= 0.3 is 5.97 Å². The molecule has 0 saturated heterocycles. The van der Waals surface area contributed by atoms with E-state index in [-0.39, 0.29) is 11.3 Å². The second kappa shape index (κ2) is 7.35. The van der Waals surface area contributed by atoms with Gasteiger partial charge in [-0.3, -0.25) is 4.79 Å². The highest BCUT2D eigenvalue weighted by Gasteiger charge is 2.21. The van der Waals surface area contributed by atoms with Crippen molar-refractivity contribution in [2.75, 3.05) is 11.1 Å². The molecule has 0 bridgehead atoms. The molecule has 23 heavy (non-hydrogen) atoms. The lowest BCUT2D eigenvalue weighted by atomic mass is 10.2. The zero-order valence-corrected chi connectivity index (χ0v) is 13.7. The number of halogens is 2. The Balaban J connectivity index is 2.03. The molecule has 120 valence electrons. The molecule has 3 N–H and O–H groups in total. The molecule has 7 heteroatoms. The van der Waals surface area contributed by atoms with Gasteiger partial charge in [0.05, 0.1) is 16.3 Å². The van der Waals surface area contributed by atoms with Gasteiger partial charge in [-0.2, -0.15) is 0 Å². The average molecular weight is 353 g/mol. The Kier molecular flexibility index (Phi) is 5.47. The molecule has 0 aliphatic heterocycles. The van der Waals surface area contributed by atoms with Crippen LogP contribution in [0, 0.1) is 0 Å². The molecule has 0 heterocycles. The van der Waals surface area contributed by atoms with Crippen LogP contribution in [0.3, 0.4) is 0 Å². The Bertz CT molecular complexity index is 750. The monoisotopic (exact) mass is 352 g/mol. The number of nitrogen functional groups attached to an aromatic ring is 1. The van der Waals surface area contributed by atoms with Crippen molar-refractivity contribution in [2.24, 2.45) is 0 Å². The molecule has 0 radical (unpaired) electrons. The molecule has 0 fully saturated rings. The van der Waals surface area contributed by atoms with E-state index in [1.807, 2.05) is 0 Å². The quantitative estimate of drug-likeness (QED) is 0.648.